The molecule has 1 unspecified atom stereocenters. The van der Waals surface area contributed by atoms with Gasteiger partial charge < -0.3 is 14.8 Å². The standard InChI is InChI=1S/C8H15NO3S/c1-11-8(2-3-12-6-8)5-9-7(10)4-13/h13H,2-6H2,1H3,(H,9,10). The van der Waals surface area contributed by atoms with Gasteiger partial charge in [-0.15, -0.1) is 0 Å². The molecule has 1 aliphatic heterocycles. The molecule has 0 radical (unpaired) electrons. The van der Waals surface area contributed by atoms with E-state index in [1.54, 1.807) is 7.11 Å². The highest BCUT2D eigenvalue weighted by molar-refractivity contribution is 7.81. The summed E-state index contributed by atoms with van der Waals surface area (Å²) in [5, 5.41) is 2.75. The average Bonchev–Trinajstić information content (AvgIpc) is 2.63. The third-order valence-electron chi connectivity index (χ3n) is 2.25. The average molecular weight is 205 g/mol. The van der Waals surface area contributed by atoms with Crippen molar-refractivity contribution in [2.75, 3.05) is 32.6 Å². The van der Waals surface area contributed by atoms with Crippen LogP contribution in [0.25, 0.3) is 0 Å². The smallest absolute Gasteiger partial charge is 0.229 e. The molecule has 0 aromatic heterocycles. The Kier molecular flexibility index (Phi) is 4.02. The fourth-order valence-corrected chi connectivity index (χ4v) is 1.39. The molecule has 1 atom stereocenters. The van der Waals surface area contributed by atoms with Crippen LogP contribution in [0.3, 0.4) is 0 Å². The van der Waals surface area contributed by atoms with Crippen molar-refractivity contribution in [2.45, 2.75) is 12.0 Å². The van der Waals surface area contributed by atoms with Gasteiger partial charge in [0.15, 0.2) is 0 Å². The van der Waals surface area contributed by atoms with Crippen LogP contribution in [0.2, 0.25) is 0 Å². The van der Waals surface area contributed by atoms with Crippen molar-refractivity contribution in [1.82, 2.24) is 5.32 Å². The highest BCUT2D eigenvalue weighted by atomic mass is 32.1. The molecule has 0 aromatic rings. The minimum absolute atomic E-state index is 0.0772. The topological polar surface area (TPSA) is 47.6 Å². The number of carbonyl (C=O) groups is 1. The first-order valence-electron chi connectivity index (χ1n) is 4.23. The lowest BCUT2D eigenvalue weighted by Gasteiger charge is -2.25. The Balaban J connectivity index is 2.35. The summed E-state index contributed by atoms with van der Waals surface area (Å²) in [5.74, 6) is 0.132. The Morgan fingerprint density at radius 1 is 1.77 bits per heavy atom. The highest BCUT2D eigenvalue weighted by Gasteiger charge is 2.34. The molecule has 0 bridgehead atoms. The predicted molar refractivity (Wildman–Crippen MR) is 52.0 cm³/mol. The van der Waals surface area contributed by atoms with E-state index in [-0.39, 0.29) is 17.3 Å². The number of ether oxygens (including phenoxy) is 2. The Bertz CT molecular complexity index is 180. The fourth-order valence-electron chi connectivity index (χ4n) is 1.28. The lowest BCUT2D eigenvalue weighted by molar-refractivity contribution is -0.120. The summed E-state index contributed by atoms with van der Waals surface area (Å²) >= 11 is 3.86. The zero-order valence-corrected chi connectivity index (χ0v) is 8.60. The lowest BCUT2D eigenvalue weighted by Crippen LogP contribution is -2.45. The van der Waals surface area contributed by atoms with Crippen LogP contribution in [-0.4, -0.2) is 44.1 Å². The van der Waals surface area contributed by atoms with Crippen molar-refractivity contribution in [3.63, 3.8) is 0 Å². The van der Waals surface area contributed by atoms with Crippen molar-refractivity contribution >= 4 is 18.5 Å². The number of thiol groups is 1. The Hall–Kier alpha value is -0.260. The van der Waals surface area contributed by atoms with E-state index in [4.69, 9.17) is 9.47 Å². The molecule has 13 heavy (non-hydrogen) atoms. The summed E-state index contributed by atoms with van der Waals surface area (Å²) in [6.07, 6.45) is 0.830. The van der Waals surface area contributed by atoms with Gasteiger partial charge in [0, 0.05) is 26.7 Å². The van der Waals surface area contributed by atoms with E-state index in [0.717, 1.165) is 6.42 Å². The molecule has 4 nitrogen and oxygen atoms in total. The van der Waals surface area contributed by atoms with Crippen LogP contribution < -0.4 is 5.32 Å². The number of hydrogen-bond acceptors (Lipinski definition) is 4. The van der Waals surface area contributed by atoms with Crippen LogP contribution in [0, 0.1) is 0 Å². The quantitative estimate of drug-likeness (QED) is 0.627. The maximum atomic E-state index is 10.9. The van der Waals surface area contributed by atoms with Gasteiger partial charge in [-0.05, 0) is 0 Å². The van der Waals surface area contributed by atoms with Crippen molar-refractivity contribution in [1.29, 1.82) is 0 Å². The van der Waals surface area contributed by atoms with Gasteiger partial charge in [0.1, 0.15) is 5.60 Å². The number of hydrogen-bond donors (Lipinski definition) is 2. The first-order chi connectivity index (χ1) is 6.22. The number of amides is 1. The molecule has 0 aliphatic carbocycles. The molecule has 1 amide bonds. The third kappa shape index (κ3) is 2.86. The van der Waals surface area contributed by atoms with Gasteiger partial charge in [-0.3, -0.25) is 4.79 Å². The van der Waals surface area contributed by atoms with Crippen molar-refractivity contribution in [2.24, 2.45) is 0 Å². The first-order valence-corrected chi connectivity index (χ1v) is 4.86. The molecular weight excluding hydrogens is 190 g/mol. The largest absolute Gasteiger partial charge is 0.378 e. The summed E-state index contributed by atoms with van der Waals surface area (Å²) < 4.78 is 10.6. The van der Waals surface area contributed by atoms with Crippen molar-refractivity contribution in [3.05, 3.63) is 0 Å². The summed E-state index contributed by atoms with van der Waals surface area (Å²) in [4.78, 5) is 10.9. The van der Waals surface area contributed by atoms with Gasteiger partial charge in [0.2, 0.25) is 5.91 Å². The van der Waals surface area contributed by atoms with E-state index in [2.05, 4.69) is 17.9 Å². The Morgan fingerprint density at radius 3 is 3.00 bits per heavy atom. The van der Waals surface area contributed by atoms with Crippen LogP contribution in [-0.2, 0) is 14.3 Å². The Labute approximate surface area is 83.4 Å². The molecule has 1 heterocycles. The molecule has 0 aromatic carbocycles. The van der Waals surface area contributed by atoms with E-state index in [0.29, 0.717) is 19.8 Å². The monoisotopic (exact) mass is 205 g/mol. The SMILES string of the molecule is COC1(CNC(=O)CS)CCOC1. The number of carbonyl (C=O) groups excluding carboxylic acids is 1. The molecule has 5 heteroatoms. The summed E-state index contributed by atoms with van der Waals surface area (Å²) in [6, 6.07) is 0. The second-order valence-electron chi connectivity index (χ2n) is 3.12. The van der Waals surface area contributed by atoms with Gasteiger partial charge in [0.25, 0.3) is 0 Å². The minimum Gasteiger partial charge on any atom is -0.378 e. The number of nitrogens with one attached hydrogen (secondary N) is 1. The molecular formula is C8H15NO3S. The molecule has 1 fully saturated rings. The number of methoxy groups -OCH3 is 1. The van der Waals surface area contributed by atoms with Gasteiger partial charge in [-0.1, -0.05) is 0 Å². The fraction of sp³-hybridized carbons (Fsp3) is 0.875. The van der Waals surface area contributed by atoms with Crippen LogP contribution in [0.1, 0.15) is 6.42 Å². The van der Waals surface area contributed by atoms with Crippen LogP contribution in [0.4, 0.5) is 0 Å². The summed E-state index contributed by atoms with van der Waals surface area (Å²) in [6.45, 7) is 1.75. The molecule has 1 N–H and O–H groups in total. The number of rotatable bonds is 4. The van der Waals surface area contributed by atoms with Crippen molar-refractivity contribution in [3.8, 4) is 0 Å². The molecule has 0 spiro atoms. The first kappa shape index (κ1) is 10.8. The second-order valence-corrected chi connectivity index (χ2v) is 3.44. The van der Waals surface area contributed by atoms with Gasteiger partial charge in [-0.25, -0.2) is 0 Å². The molecule has 1 rings (SSSR count). The van der Waals surface area contributed by atoms with E-state index >= 15 is 0 Å². The zero-order valence-electron chi connectivity index (χ0n) is 7.71. The summed E-state index contributed by atoms with van der Waals surface area (Å²) in [5.41, 5.74) is -0.321. The minimum atomic E-state index is -0.321. The van der Waals surface area contributed by atoms with E-state index in [1.807, 2.05) is 0 Å². The van der Waals surface area contributed by atoms with Gasteiger partial charge >= 0.3 is 0 Å². The maximum absolute atomic E-state index is 10.9. The molecule has 0 saturated carbocycles. The summed E-state index contributed by atoms with van der Waals surface area (Å²) in [7, 11) is 1.64. The zero-order chi connectivity index (χ0) is 9.73. The lowest BCUT2D eigenvalue weighted by atomic mass is 10.0. The third-order valence-corrected chi connectivity index (χ3v) is 2.54. The van der Waals surface area contributed by atoms with Crippen LogP contribution in [0.5, 0.6) is 0 Å². The normalized spacial score (nSPS) is 27.5. The predicted octanol–water partition coefficient (Wildman–Crippen LogP) is -0.162. The molecule has 1 saturated heterocycles. The highest BCUT2D eigenvalue weighted by Crippen LogP contribution is 2.21. The van der Waals surface area contributed by atoms with Gasteiger partial charge in [-0.2, -0.15) is 12.6 Å². The second kappa shape index (κ2) is 4.83. The van der Waals surface area contributed by atoms with Crippen molar-refractivity contribution < 1.29 is 14.3 Å². The van der Waals surface area contributed by atoms with E-state index in [9.17, 15) is 4.79 Å². The van der Waals surface area contributed by atoms with E-state index in [1.165, 1.54) is 0 Å². The van der Waals surface area contributed by atoms with Gasteiger partial charge in [0.05, 0.1) is 12.4 Å². The van der Waals surface area contributed by atoms with Crippen LogP contribution >= 0.6 is 12.6 Å². The van der Waals surface area contributed by atoms with E-state index < -0.39 is 0 Å². The molecule has 1 aliphatic rings. The van der Waals surface area contributed by atoms with Crippen LogP contribution in [0.15, 0.2) is 0 Å². The Morgan fingerprint density at radius 2 is 2.54 bits per heavy atom. The maximum Gasteiger partial charge on any atom is 0.229 e. The molecule has 76 valence electrons.